The van der Waals surface area contributed by atoms with Crippen LogP contribution in [0.3, 0.4) is 0 Å². The molecule has 1 atom stereocenters. The Hall–Kier alpha value is -2.69. The first kappa shape index (κ1) is 20.6. The second-order valence-electron chi connectivity index (χ2n) is 6.49. The minimum absolute atomic E-state index is 0.101. The quantitative estimate of drug-likeness (QED) is 0.728. The summed E-state index contributed by atoms with van der Waals surface area (Å²) in [5.74, 6) is 2.00. The number of carbonyl (C=O) groups is 1. The van der Waals surface area contributed by atoms with Crippen molar-refractivity contribution in [2.75, 3.05) is 20.8 Å². The lowest BCUT2D eigenvalue weighted by atomic mass is 10.1. The van der Waals surface area contributed by atoms with Crippen molar-refractivity contribution >= 4 is 5.91 Å². The third-order valence-electron chi connectivity index (χ3n) is 4.58. The molecule has 0 aromatic heterocycles. The highest BCUT2D eigenvalue weighted by atomic mass is 16.5. The molecule has 0 unspecified atom stereocenters. The van der Waals surface area contributed by atoms with E-state index in [1.165, 1.54) is 5.56 Å². The van der Waals surface area contributed by atoms with E-state index in [0.29, 0.717) is 30.9 Å². The summed E-state index contributed by atoms with van der Waals surface area (Å²) in [4.78, 5) is 12.5. The standard InChI is InChI=1S/C22H29NO4/c1-6-19(27-18-9-7-15(2)16(3)13-18)22(24)23-12-11-17-8-10-20(25-4)21(14-17)26-5/h7-10,13-14,19H,6,11-12H2,1-5H3,(H,23,24)/t19-/m0/s1. The summed E-state index contributed by atoms with van der Waals surface area (Å²) in [6.45, 7) is 6.56. The zero-order valence-corrected chi connectivity index (χ0v) is 16.8. The van der Waals surface area contributed by atoms with Gasteiger partial charge in [0.1, 0.15) is 5.75 Å². The lowest BCUT2D eigenvalue weighted by Gasteiger charge is -2.18. The molecule has 2 rings (SSSR count). The minimum atomic E-state index is -0.502. The maximum atomic E-state index is 12.5. The molecule has 146 valence electrons. The van der Waals surface area contributed by atoms with Gasteiger partial charge in [-0.3, -0.25) is 4.79 Å². The van der Waals surface area contributed by atoms with Crippen LogP contribution in [-0.2, 0) is 11.2 Å². The van der Waals surface area contributed by atoms with Crippen molar-refractivity contribution in [3.8, 4) is 17.2 Å². The maximum Gasteiger partial charge on any atom is 0.261 e. The summed E-state index contributed by atoms with van der Waals surface area (Å²) in [5, 5.41) is 2.96. The normalized spacial score (nSPS) is 11.6. The summed E-state index contributed by atoms with van der Waals surface area (Å²) in [6.07, 6.45) is 0.805. The predicted octanol–water partition coefficient (Wildman–Crippen LogP) is 3.84. The van der Waals surface area contributed by atoms with Crippen molar-refractivity contribution in [3.63, 3.8) is 0 Å². The Morgan fingerprint density at radius 2 is 1.74 bits per heavy atom. The van der Waals surface area contributed by atoms with Crippen molar-refractivity contribution in [2.24, 2.45) is 0 Å². The van der Waals surface area contributed by atoms with E-state index in [2.05, 4.69) is 12.2 Å². The van der Waals surface area contributed by atoms with Gasteiger partial charge >= 0.3 is 0 Å². The van der Waals surface area contributed by atoms with E-state index in [1.54, 1.807) is 14.2 Å². The zero-order valence-electron chi connectivity index (χ0n) is 16.8. The summed E-state index contributed by atoms with van der Waals surface area (Å²) in [5.41, 5.74) is 3.42. The van der Waals surface area contributed by atoms with Crippen LogP contribution in [0.4, 0.5) is 0 Å². The van der Waals surface area contributed by atoms with Crippen LogP contribution in [0.5, 0.6) is 17.2 Å². The van der Waals surface area contributed by atoms with Crippen molar-refractivity contribution in [1.29, 1.82) is 0 Å². The highest BCUT2D eigenvalue weighted by molar-refractivity contribution is 5.81. The first-order chi connectivity index (χ1) is 13.0. The molecule has 0 bridgehead atoms. The molecule has 2 aromatic rings. The molecule has 0 aliphatic heterocycles. The van der Waals surface area contributed by atoms with E-state index < -0.39 is 6.10 Å². The van der Waals surface area contributed by atoms with Gasteiger partial charge in [0.05, 0.1) is 14.2 Å². The van der Waals surface area contributed by atoms with E-state index in [-0.39, 0.29) is 5.91 Å². The number of ether oxygens (including phenoxy) is 3. The van der Waals surface area contributed by atoms with Crippen LogP contribution in [-0.4, -0.2) is 32.8 Å². The number of benzene rings is 2. The number of amides is 1. The molecule has 5 nitrogen and oxygen atoms in total. The first-order valence-corrected chi connectivity index (χ1v) is 9.21. The summed E-state index contributed by atoms with van der Waals surface area (Å²) < 4.78 is 16.4. The smallest absolute Gasteiger partial charge is 0.261 e. The van der Waals surface area contributed by atoms with Crippen molar-refractivity contribution < 1.29 is 19.0 Å². The first-order valence-electron chi connectivity index (χ1n) is 9.21. The Labute approximate surface area is 161 Å². The summed E-state index contributed by atoms with van der Waals surface area (Å²) in [6, 6.07) is 11.6. The molecule has 0 aliphatic carbocycles. The van der Waals surface area contributed by atoms with Gasteiger partial charge in [-0.2, -0.15) is 0 Å². The minimum Gasteiger partial charge on any atom is -0.493 e. The van der Waals surface area contributed by atoms with Crippen molar-refractivity contribution in [3.05, 3.63) is 53.1 Å². The zero-order chi connectivity index (χ0) is 19.8. The van der Waals surface area contributed by atoms with Gasteiger partial charge in [-0.05, 0) is 67.6 Å². The number of carbonyl (C=O) groups excluding carboxylic acids is 1. The summed E-state index contributed by atoms with van der Waals surface area (Å²) in [7, 11) is 3.22. The lowest BCUT2D eigenvalue weighted by molar-refractivity contribution is -0.128. The number of hydrogen-bond acceptors (Lipinski definition) is 4. The molecule has 0 spiro atoms. The van der Waals surface area contributed by atoms with Gasteiger partial charge in [-0.1, -0.05) is 19.1 Å². The number of hydrogen-bond donors (Lipinski definition) is 1. The molecule has 1 N–H and O–H groups in total. The molecule has 2 aromatic carbocycles. The largest absolute Gasteiger partial charge is 0.493 e. The van der Waals surface area contributed by atoms with Crippen molar-refractivity contribution in [1.82, 2.24) is 5.32 Å². The van der Waals surface area contributed by atoms with Gasteiger partial charge in [0, 0.05) is 6.54 Å². The fraction of sp³-hybridized carbons (Fsp3) is 0.409. The molecular weight excluding hydrogens is 342 g/mol. The van der Waals surface area contributed by atoms with Gasteiger partial charge in [-0.25, -0.2) is 0 Å². The Morgan fingerprint density at radius 3 is 2.37 bits per heavy atom. The van der Waals surface area contributed by atoms with Crippen LogP contribution in [0.25, 0.3) is 0 Å². The van der Waals surface area contributed by atoms with E-state index >= 15 is 0 Å². The fourth-order valence-corrected chi connectivity index (χ4v) is 2.75. The van der Waals surface area contributed by atoms with E-state index in [4.69, 9.17) is 14.2 Å². The molecule has 0 heterocycles. The lowest BCUT2D eigenvalue weighted by Crippen LogP contribution is -2.38. The Morgan fingerprint density at radius 1 is 1.00 bits per heavy atom. The fourth-order valence-electron chi connectivity index (χ4n) is 2.75. The number of rotatable bonds is 9. The van der Waals surface area contributed by atoms with Crippen LogP contribution in [0.2, 0.25) is 0 Å². The average Bonchev–Trinajstić information content (AvgIpc) is 2.68. The number of methoxy groups -OCH3 is 2. The van der Waals surface area contributed by atoms with E-state index in [9.17, 15) is 4.79 Å². The van der Waals surface area contributed by atoms with E-state index in [0.717, 1.165) is 16.9 Å². The SMILES string of the molecule is CC[C@H](Oc1ccc(C)c(C)c1)C(=O)NCCc1ccc(OC)c(OC)c1. The summed E-state index contributed by atoms with van der Waals surface area (Å²) >= 11 is 0. The maximum absolute atomic E-state index is 12.5. The number of aryl methyl sites for hydroxylation is 2. The second kappa shape index (κ2) is 9.86. The van der Waals surface area contributed by atoms with Gasteiger partial charge in [0.2, 0.25) is 0 Å². The molecular formula is C22H29NO4. The molecule has 0 radical (unpaired) electrons. The Balaban J connectivity index is 1.90. The third kappa shape index (κ3) is 5.64. The van der Waals surface area contributed by atoms with Crippen LogP contribution < -0.4 is 19.5 Å². The Kier molecular flexibility index (Phi) is 7.53. The van der Waals surface area contributed by atoms with Crippen LogP contribution in [0.15, 0.2) is 36.4 Å². The van der Waals surface area contributed by atoms with Gasteiger partial charge < -0.3 is 19.5 Å². The second-order valence-corrected chi connectivity index (χ2v) is 6.49. The Bertz CT molecular complexity index is 773. The molecule has 0 saturated carbocycles. The van der Waals surface area contributed by atoms with Gasteiger partial charge in [0.25, 0.3) is 5.91 Å². The highest BCUT2D eigenvalue weighted by Crippen LogP contribution is 2.27. The van der Waals surface area contributed by atoms with Crippen LogP contribution >= 0.6 is 0 Å². The molecule has 5 heteroatoms. The van der Waals surface area contributed by atoms with Crippen LogP contribution in [0.1, 0.15) is 30.0 Å². The van der Waals surface area contributed by atoms with E-state index in [1.807, 2.05) is 50.2 Å². The molecule has 27 heavy (non-hydrogen) atoms. The molecule has 0 aliphatic rings. The molecule has 0 fully saturated rings. The van der Waals surface area contributed by atoms with Crippen LogP contribution in [0, 0.1) is 13.8 Å². The van der Waals surface area contributed by atoms with Gasteiger partial charge in [-0.15, -0.1) is 0 Å². The third-order valence-corrected chi connectivity index (χ3v) is 4.58. The van der Waals surface area contributed by atoms with Crippen molar-refractivity contribution in [2.45, 2.75) is 39.7 Å². The molecule has 0 saturated heterocycles. The monoisotopic (exact) mass is 371 g/mol. The topological polar surface area (TPSA) is 56.8 Å². The highest BCUT2D eigenvalue weighted by Gasteiger charge is 2.18. The number of nitrogens with one attached hydrogen (secondary N) is 1. The predicted molar refractivity (Wildman–Crippen MR) is 107 cm³/mol. The molecule has 1 amide bonds. The van der Waals surface area contributed by atoms with Gasteiger partial charge in [0.15, 0.2) is 17.6 Å². The average molecular weight is 371 g/mol.